The molecule has 0 unspecified atom stereocenters. The Labute approximate surface area is 120 Å². The first-order valence-electron chi connectivity index (χ1n) is 5.85. The van der Waals surface area contributed by atoms with Gasteiger partial charge in [-0.2, -0.15) is 0 Å². The second-order valence-corrected chi connectivity index (χ2v) is 5.23. The molecule has 0 spiro atoms. The van der Waals surface area contributed by atoms with Gasteiger partial charge < -0.3 is 10.4 Å². The zero-order chi connectivity index (χ0) is 14.0. The molecule has 0 aromatic heterocycles. The van der Waals surface area contributed by atoms with Gasteiger partial charge >= 0.3 is 5.97 Å². The third-order valence-corrected chi connectivity index (χ3v) is 3.87. The number of halogens is 1. The van der Waals surface area contributed by atoms with Gasteiger partial charge in [0.25, 0.3) is 0 Å². The normalized spacial score (nSPS) is 10.3. The molecule has 0 atom stereocenters. The average Bonchev–Trinajstić information content (AvgIpc) is 2.37. The summed E-state index contributed by atoms with van der Waals surface area (Å²) in [5, 5.41) is 12.3. The molecule has 4 heteroatoms. The molecule has 0 amide bonds. The van der Waals surface area contributed by atoms with Crippen LogP contribution in [0.15, 0.2) is 40.9 Å². The van der Waals surface area contributed by atoms with Gasteiger partial charge in [-0.3, -0.25) is 0 Å². The minimum absolute atomic E-state index is 0.300. The summed E-state index contributed by atoms with van der Waals surface area (Å²) < 4.78 is 1.04. The van der Waals surface area contributed by atoms with E-state index in [0.29, 0.717) is 5.56 Å². The minimum atomic E-state index is -0.909. The molecule has 2 aromatic carbocycles. The first-order chi connectivity index (χ1) is 8.99. The number of carboxylic acids is 1. The number of aryl methyl sites for hydroxylation is 1. The fourth-order valence-corrected chi connectivity index (χ4v) is 2.19. The van der Waals surface area contributed by atoms with Gasteiger partial charge in [-0.05, 0) is 55.3 Å². The van der Waals surface area contributed by atoms with Crippen LogP contribution in [0.25, 0.3) is 0 Å². The lowest BCUT2D eigenvalue weighted by Crippen LogP contribution is -2.00. The Morgan fingerprint density at radius 1 is 1.16 bits per heavy atom. The van der Waals surface area contributed by atoms with Crippen molar-refractivity contribution in [1.82, 2.24) is 0 Å². The van der Waals surface area contributed by atoms with Crippen molar-refractivity contribution in [3.63, 3.8) is 0 Å². The lowest BCUT2D eigenvalue weighted by atomic mass is 10.1. The molecule has 2 rings (SSSR count). The van der Waals surface area contributed by atoms with Crippen LogP contribution in [0.2, 0.25) is 0 Å². The van der Waals surface area contributed by atoms with E-state index < -0.39 is 5.97 Å². The van der Waals surface area contributed by atoms with Crippen molar-refractivity contribution in [2.45, 2.75) is 13.8 Å². The number of anilines is 2. The Bertz CT molecular complexity index is 638. The van der Waals surface area contributed by atoms with Gasteiger partial charge in [0.15, 0.2) is 0 Å². The van der Waals surface area contributed by atoms with E-state index in [2.05, 4.69) is 21.2 Å². The number of hydrogen-bond acceptors (Lipinski definition) is 2. The minimum Gasteiger partial charge on any atom is -0.478 e. The predicted molar refractivity (Wildman–Crippen MR) is 80.3 cm³/mol. The summed E-state index contributed by atoms with van der Waals surface area (Å²) in [6, 6.07) is 11.0. The van der Waals surface area contributed by atoms with Crippen LogP contribution in [0, 0.1) is 13.8 Å². The van der Waals surface area contributed by atoms with Crippen LogP contribution in [0.4, 0.5) is 11.4 Å². The fraction of sp³-hybridized carbons (Fsp3) is 0.133. The SMILES string of the molecule is Cc1cc(C(=O)O)ccc1Nc1cccc(Br)c1C. The van der Waals surface area contributed by atoms with E-state index in [1.54, 1.807) is 18.2 Å². The molecular formula is C15H14BrNO2. The maximum absolute atomic E-state index is 10.9. The second kappa shape index (κ2) is 5.45. The van der Waals surface area contributed by atoms with Gasteiger partial charge in [0, 0.05) is 15.8 Å². The van der Waals surface area contributed by atoms with Crippen LogP contribution < -0.4 is 5.32 Å². The summed E-state index contributed by atoms with van der Waals surface area (Å²) in [5.41, 5.74) is 4.23. The maximum Gasteiger partial charge on any atom is 0.335 e. The van der Waals surface area contributed by atoms with E-state index in [-0.39, 0.29) is 0 Å². The maximum atomic E-state index is 10.9. The van der Waals surface area contributed by atoms with Gasteiger partial charge in [0.05, 0.1) is 5.56 Å². The molecule has 0 aliphatic rings. The molecule has 98 valence electrons. The molecule has 0 heterocycles. The number of hydrogen-bond donors (Lipinski definition) is 2. The molecule has 3 nitrogen and oxygen atoms in total. The highest BCUT2D eigenvalue weighted by Crippen LogP contribution is 2.28. The Morgan fingerprint density at radius 2 is 1.89 bits per heavy atom. The van der Waals surface area contributed by atoms with E-state index in [9.17, 15) is 4.79 Å². The highest BCUT2D eigenvalue weighted by molar-refractivity contribution is 9.10. The number of benzene rings is 2. The molecule has 2 aromatic rings. The van der Waals surface area contributed by atoms with Crippen LogP contribution in [0.1, 0.15) is 21.5 Å². The van der Waals surface area contributed by atoms with Crippen molar-refractivity contribution < 1.29 is 9.90 Å². The molecule has 0 aliphatic carbocycles. The average molecular weight is 320 g/mol. The standard InChI is InChI=1S/C15H14BrNO2/c1-9-8-11(15(18)19)6-7-13(9)17-14-5-3-4-12(16)10(14)2/h3-8,17H,1-2H3,(H,18,19). The van der Waals surface area contributed by atoms with Gasteiger partial charge in [-0.25, -0.2) is 4.79 Å². The lowest BCUT2D eigenvalue weighted by Gasteiger charge is -2.13. The molecule has 0 bridgehead atoms. The summed E-state index contributed by atoms with van der Waals surface area (Å²) in [6.45, 7) is 3.91. The predicted octanol–water partition coefficient (Wildman–Crippen LogP) is 4.51. The van der Waals surface area contributed by atoms with Crippen LogP contribution in [0.3, 0.4) is 0 Å². The topological polar surface area (TPSA) is 49.3 Å². The van der Waals surface area contributed by atoms with Crippen LogP contribution >= 0.6 is 15.9 Å². The highest BCUT2D eigenvalue weighted by atomic mass is 79.9. The lowest BCUT2D eigenvalue weighted by molar-refractivity contribution is 0.0697. The van der Waals surface area contributed by atoms with Crippen LogP contribution in [-0.2, 0) is 0 Å². The van der Waals surface area contributed by atoms with Crippen molar-refractivity contribution in [2.75, 3.05) is 5.32 Å². The zero-order valence-electron chi connectivity index (χ0n) is 10.7. The smallest absolute Gasteiger partial charge is 0.335 e. The summed E-state index contributed by atoms with van der Waals surface area (Å²) in [6.07, 6.45) is 0. The highest BCUT2D eigenvalue weighted by Gasteiger charge is 2.07. The van der Waals surface area contributed by atoms with Crippen molar-refractivity contribution >= 4 is 33.3 Å². The monoisotopic (exact) mass is 319 g/mol. The first kappa shape index (κ1) is 13.6. The third-order valence-electron chi connectivity index (χ3n) is 3.01. The Hall–Kier alpha value is -1.81. The van der Waals surface area contributed by atoms with E-state index >= 15 is 0 Å². The van der Waals surface area contributed by atoms with Crippen molar-refractivity contribution in [1.29, 1.82) is 0 Å². The molecular weight excluding hydrogens is 306 g/mol. The van der Waals surface area contributed by atoms with Gasteiger partial charge in [0.2, 0.25) is 0 Å². The molecule has 19 heavy (non-hydrogen) atoms. The number of carboxylic acid groups (broad SMARTS) is 1. The summed E-state index contributed by atoms with van der Waals surface area (Å²) in [7, 11) is 0. The van der Waals surface area contributed by atoms with E-state index in [1.807, 2.05) is 32.0 Å². The molecule has 0 saturated heterocycles. The quantitative estimate of drug-likeness (QED) is 0.875. The molecule has 0 saturated carbocycles. The van der Waals surface area contributed by atoms with Crippen molar-refractivity contribution in [3.8, 4) is 0 Å². The largest absolute Gasteiger partial charge is 0.478 e. The van der Waals surface area contributed by atoms with Gasteiger partial charge in [-0.1, -0.05) is 22.0 Å². The molecule has 0 fully saturated rings. The Balaban J connectivity index is 2.34. The zero-order valence-corrected chi connectivity index (χ0v) is 12.3. The summed E-state index contributed by atoms with van der Waals surface area (Å²) >= 11 is 3.49. The van der Waals surface area contributed by atoms with E-state index in [1.165, 1.54) is 0 Å². The fourth-order valence-electron chi connectivity index (χ4n) is 1.82. The van der Waals surface area contributed by atoms with Gasteiger partial charge in [0.1, 0.15) is 0 Å². The van der Waals surface area contributed by atoms with Crippen molar-refractivity contribution in [3.05, 3.63) is 57.6 Å². The molecule has 2 N–H and O–H groups in total. The number of aromatic carboxylic acids is 1. The van der Waals surface area contributed by atoms with E-state index in [4.69, 9.17) is 5.11 Å². The molecule has 0 radical (unpaired) electrons. The summed E-state index contributed by atoms with van der Waals surface area (Å²) in [4.78, 5) is 10.9. The second-order valence-electron chi connectivity index (χ2n) is 4.37. The first-order valence-corrected chi connectivity index (χ1v) is 6.64. The number of carbonyl (C=O) groups is 1. The van der Waals surface area contributed by atoms with E-state index in [0.717, 1.165) is 27.0 Å². The van der Waals surface area contributed by atoms with Crippen molar-refractivity contribution in [2.24, 2.45) is 0 Å². The van der Waals surface area contributed by atoms with Crippen LogP contribution in [0.5, 0.6) is 0 Å². The Kier molecular flexibility index (Phi) is 3.90. The number of rotatable bonds is 3. The van der Waals surface area contributed by atoms with Crippen LogP contribution in [-0.4, -0.2) is 11.1 Å². The summed E-state index contributed by atoms with van der Waals surface area (Å²) in [5.74, 6) is -0.909. The van der Waals surface area contributed by atoms with Gasteiger partial charge in [-0.15, -0.1) is 0 Å². The molecule has 0 aliphatic heterocycles. The Morgan fingerprint density at radius 3 is 2.53 bits per heavy atom. The number of nitrogens with one attached hydrogen (secondary N) is 1. The third kappa shape index (κ3) is 2.96.